The van der Waals surface area contributed by atoms with E-state index < -0.39 is 0 Å². The number of carbonyl (C=O) groups excluding carboxylic acids is 1. The van der Waals surface area contributed by atoms with Crippen LogP contribution in [0.3, 0.4) is 0 Å². The summed E-state index contributed by atoms with van der Waals surface area (Å²) in [5.41, 5.74) is 1.14. The van der Waals surface area contributed by atoms with E-state index in [1.54, 1.807) is 12.4 Å². The van der Waals surface area contributed by atoms with E-state index in [1.807, 2.05) is 12.1 Å². The van der Waals surface area contributed by atoms with Crippen LogP contribution in [0.5, 0.6) is 0 Å². The van der Waals surface area contributed by atoms with Crippen molar-refractivity contribution in [2.24, 2.45) is 0 Å². The Morgan fingerprint density at radius 1 is 1.20 bits per heavy atom. The minimum Gasteiger partial charge on any atom is -0.299 e. The number of Topliss-reactive ketones (excluding diaryl/α,β-unsaturated/α-hetero) is 1. The standard InChI is InChI=1S/C11H13NO.C2H4/c13-11-4-2-1-3-10(11)9-5-7-12-8-6-9;1-2/h5-8,10H,1-4H2;1-2H2. The van der Waals surface area contributed by atoms with E-state index in [4.69, 9.17) is 0 Å². The van der Waals surface area contributed by atoms with Crippen molar-refractivity contribution in [2.45, 2.75) is 31.6 Å². The third-order valence-electron chi connectivity index (χ3n) is 2.66. The topological polar surface area (TPSA) is 30.0 Å². The molecule has 1 saturated carbocycles. The molecule has 0 radical (unpaired) electrons. The Balaban J connectivity index is 0.000000531. The number of hydrogen-bond donors (Lipinski definition) is 0. The Kier molecular flexibility index (Phi) is 4.75. The van der Waals surface area contributed by atoms with Gasteiger partial charge in [0.1, 0.15) is 5.78 Å². The molecule has 0 aromatic carbocycles. The number of aromatic nitrogens is 1. The summed E-state index contributed by atoms with van der Waals surface area (Å²) in [6, 6.07) is 3.90. The number of ketones is 1. The predicted molar refractivity (Wildman–Crippen MR) is 61.7 cm³/mol. The molecule has 1 aliphatic rings. The van der Waals surface area contributed by atoms with E-state index in [-0.39, 0.29) is 5.92 Å². The molecule has 2 nitrogen and oxygen atoms in total. The Bertz CT molecular complexity index is 308. The fraction of sp³-hybridized carbons (Fsp3) is 0.385. The van der Waals surface area contributed by atoms with Crippen molar-refractivity contribution in [3.05, 3.63) is 43.2 Å². The van der Waals surface area contributed by atoms with Gasteiger partial charge in [-0.1, -0.05) is 6.42 Å². The minimum atomic E-state index is 0.150. The molecule has 0 spiro atoms. The SMILES string of the molecule is C=C.O=C1CCCCC1c1ccncc1. The summed E-state index contributed by atoms with van der Waals surface area (Å²) in [7, 11) is 0. The van der Waals surface area contributed by atoms with Gasteiger partial charge in [-0.3, -0.25) is 9.78 Å². The zero-order valence-corrected chi connectivity index (χ0v) is 8.98. The monoisotopic (exact) mass is 203 g/mol. The van der Waals surface area contributed by atoms with Crippen LogP contribution in [-0.4, -0.2) is 10.8 Å². The van der Waals surface area contributed by atoms with E-state index in [9.17, 15) is 4.79 Å². The highest BCUT2D eigenvalue weighted by molar-refractivity contribution is 5.86. The van der Waals surface area contributed by atoms with Crippen LogP contribution < -0.4 is 0 Å². The summed E-state index contributed by atoms with van der Waals surface area (Å²) in [6.07, 6.45) is 7.55. The van der Waals surface area contributed by atoms with Crippen molar-refractivity contribution in [1.82, 2.24) is 4.98 Å². The number of rotatable bonds is 1. The van der Waals surface area contributed by atoms with Gasteiger partial charge in [-0.05, 0) is 30.5 Å². The van der Waals surface area contributed by atoms with E-state index >= 15 is 0 Å². The van der Waals surface area contributed by atoms with Gasteiger partial charge in [-0.2, -0.15) is 0 Å². The van der Waals surface area contributed by atoms with Crippen LogP contribution in [-0.2, 0) is 4.79 Å². The second kappa shape index (κ2) is 6.12. The van der Waals surface area contributed by atoms with Gasteiger partial charge in [0.25, 0.3) is 0 Å². The Morgan fingerprint density at radius 3 is 2.47 bits per heavy atom. The number of carbonyl (C=O) groups is 1. The fourth-order valence-corrected chi connectivity index (χ4v) is 1.93. The summed E-state index contributed by atoms with van der Waals surface area (Å²) in [4.78, 5) is 15.5. The van der Waals surface area contributed by atoms with Crippen LogP contribution >= 0.6 is 0 Å². The fourth-order valence-electron chi connectivity index (χ4n) is 1.93. The van der Waals surface area contributed by atoms with Gasteiger partial charge in [-0.15, -0.1) is 13.2 Å². The lowest BCUT2D eigenvalue weighted by Gasteiger charge is -2.20. The third kappa shape index (κ3) is 3.01. The van der Waals surface area contributed by atoms with Crippen molar-refractivity contribution >= 4 is 5.78 Å². The number of pyridine rings is 1. The lowest BCUT2D eigenvalue weighted by molar-refractivity contribution is -0.121. The molecule has 1 atom stereocenters. The van der Waals surface area contributed by atoms with Crippen LogP contribution in [0.1, 0.15) is 37.2 Å². The average molecular weight is 203 g/mol. The summed E-state index contributed by atoms with van der Waals surface area (Å²) >= 11 is 0. The first kappa shape index (κ1) is 11.6. The van der Waals surface area contributed by atoms with Crippen molar-refractivity contribution in [2.75, 3.05) is 0 Å². The normalized spacial score (nSPS) is 20.3. The highest BCUT2D eigenvalue weighted by atomic mass is 16.1. The van der Waals surface area contributed by atoms with Crippen molar-refractivity contribution < 1.29 is 4.79 Å². The van der Waals surface area contributed by atoms with Crippen molar-refractivity contribution in [1.29, 1.82) is 0 Å². The maximum Gasteiger partial charge on any atom is 0.140 e. The molecular formula is C13H17NO. The molecule has 0 saturated heterocycles. The lowest BCUT2D eigenvalue weighted by Crippen LogP contribution is -2.16. The molecule has 2 heteroatoms. The highest BCUT2D eigenvalue weighted by Crippen LogP contribution is 2.29. The van der Waals surface area contributed by atoms with Gasteiger partial charge in [0, 0.05) is 24.7 Å². The van der Waals surface area contributed by atoms with Gasteiger partial charge < -0.3 is 0 Å². The summed E-state index contributed by atoms with van der Waals surface area (Å²) in [5, 5.41) is 0. The molecule has 0 bridgehead atoms. The molecule has 1 aromatic heterocycles. The second-order valence-corrected chi connectivity index (χ2v) is 3.55. The molecule has 80 valence electrons. The zero-order valence-electron chi connectivity index (χ0n) is 8.98. The molecule has 0 aliphatic heterocycles. The first-order valence-corrected chi connectivity index (χ1v) is 5.30. The summed E-state index contributed by atoms with van der Waals surface area (Å²) in [6.45, 7) is 6.00. The molecule has 1 aliphatic carbocycles. The molecule has 15 heavy (non-hydrogen) atoms. The zero-order chi connectivity index (χ0) is 11.1. The van der Waals surface area contributed by atoms with Gasteiger partial charge in [0.15, 0.2) is 0 Å². The average Bonchev–Trinajstić information content (AvgIpc) is 2.33. The Morgan fingerprint density at radius 2 is 1.87 bits per heavy atom. The molecule has 2 rings (SSSR count). The number of nitrogens with zero attached hydrogens (tertiary/aromatic N) is 1. The van der Waals surface area contributed by atoms with Crippen LogP contribution in [0.15, 0.2) is 37.7 Å². The summed E-state index contributed by atoms with van der Waals surface area (Å²) < 4.78 is 0. The number of hydrogen-bond acceptors (Lipinski definition) is 2. The smallest absolute Gasteiger partial charge is 0.140 e. The van der Waals surface area contributed by atoms with E-state index in [2.05, 4.69) is 18.1 Å². The van der Waals surface area contributed by atoms with Gasteiger partial charge in [0.2, 0.25) is 0 Å². The van der Waals surface area contributed by atoms with E-state index in [0.717, 1.165) is 24.8 Å². The molecule has 1 unspecified atom stereocenters. The van der Waals surface area contributed by atoms with Gasteiger partial charge in [0.05, 0.1) is 0 Å². The molecule has 0 N–H and O–H groups in total. The largest absolute Gasteiger partial charge is 0.299 e. The Hall–Kier alpha value is -1.44. The van der Waals surface area contributed by atoms with E-state index in [1.165, 1.54) is 6.42 Å². The van der Waals surface area contributed by atoms with Gasteiger partial charge in [-0.25, -0.2) is 0 Å². The van der Waals surface area contributed by atoms with Crippen molar-refractivity contribution in [3.8, 4) is 0 Å². The minimum absolute atomic E-state index is 0.150. The van der Waals surface area contributed by atoms with E-state index in [0.29, 0.717) is 5.78 Å². The predicted octanol–water partition coefficient (Wildman–Crippen LogP) is 3.11. The van der Waals surface area contributed by atoms with Crippen LogP contribution in [0, 0.1) is 0 Å². The molecule has 0 amide bonds. The quantitative estimate of drug-likeness (QED) is 0.656. The van der Waals surface area contributed by atoms with Crippen LogP contribution in [0.4, 0.5) is 0 Å². The maximum absolute atomic E-state index is 11.6. The van der Waals surface area contributed by atoms with Crippen LogP contribution in [0.2, 0.25) is 0 Å². The third-order valence-corrected chi connectivity index (χ3v) is 2.66. The summed E-state index contributed by atoms with van der Waals surface area (Å²) in [5.74, 6) is 0.550. The first-order chi connectivity index (χ1) is 7.38. The second-order valence-electron chi connectivity index (χ2n) is 3.55. The Labute approximate surface area is 91.0 Å². The molecule has 1 fully saturated rings. The van der Waals surface area contributed by atoms with Gasteiger partial charge >= 0.3 is 0 Å². The highest BCUT2D eigenvalue weighted by Gasteiger charge is 2.23. The molecule has 1 heterocycles. The maximum atomic E-state index is 11.6. The van der Waals surface area contributed by atoms with Crippen LogP contribution in [0.25, 0.3) is 0 Å². The lowest BCUT2D eigenvalue weighted by atomic mass is 9.83. The molecule has 1 aromatic rings. The first-order valence-electron chi connectivity index (χ1n) is 5.30. The van der Waals surface area contributed by atoms with Crippen molar-refractivity contribution in [3.63, 3.8) is 0 Å². The molecular weight excluding hydrogens is 186 g/mol.